The Morgan fingerprint density at radius 3 is 2.61 bits per heavy atom. The van der Waals surface area contributed by atoms with Crippen molar-refractivity contribution in [3.05, 3.63) is 77.4 Å². The number of hydrazine groups is 1. The maximum atomic E-state index is 13.8. The van der Waals surface area contributed by atoms with E-state index in [-0.39, 0.29) is 4.90 Å². The first-order valence-corrected chi connectivity index (χ1v) is 12.5. The molecule has 1 aliphatic rings. The van der Waals surface area contributed by atoms with Gasteiger partial charge in [0.2, 0.25) is 6.41 Å². The average Bonchev–Trinajstić information content (AvgIpc) is 3.38. The third kappa shape index (κ3) is 6.87. The van der Waals surface area contributed by atoms with E-state index in [0.717, 1.165) is 43.5 Å². The van der Waals surface area contributed by atoms with Crippen molar-refractivity contribution in [1.82, 2.24) is 24.9 Å². The molecule has 0 radical (unpaired) electrons. The highest BCUT2D eigenvalue weighted by atomic mass is 32.2. The van der Waals surface area contributed by atoms with Gasteiger partial charge < -0.3 is 4.90 Å². The number of piperidine rings is 1. The summed E-state index contributed by atoms with van der Waals surface area (Å²) >= 11 is 0. The SMILES string of the molecule is C#CC.Cc1cc(C(=O)NNS(=O)c2ccccc2F)cc(-n2cc(C3CCN(C=O)CC3)cn2)c1. The second kappa shape index (κ2) is 12.8. The summed E-state index contributed by atoms with van der Waals surface area (Å²) in [5.41, 5.74) is 5.38. The Morgan fingerprint density at radius 1 is 1.25 bits per heavy atom. The number of halogens is 1. The van der Waals surface area contributed by atoms with Gasteiger partial charge in [0.05, 0.1) is 16.8 Å². The number of aromatic nitrogens is 2. The van der Waals surface area contributed by atoms with Gasteiger partial charge in [0, 0.05) is 24.8 Å². The molecule has 0 aliphatic carbocycles. The van der Waals surface area contributed by atoms with Crippen molar-refractivity contribution in [3.63, 3.8) is 0 Å². The summed E-state index contributed by atoms with van der Waals surface area (Å²) in [6, 6.07) is 10.9. The summed E-state index contributed by atoms with van der Waals surface area (Å²) in [7, 11) is -1.94. The van der Waals surface area contributed by atoms with Gasteiger partial charge in [-0.15, -0.1) is 17.2 Å². The fraction of sp³-hybridized carbons (Fsp3) is 0.269. The number of terminal acetylenes is 1. The summed E-state index contributed by atoms with van der Waals surface area (Å²) in [4.78, 5) is 27.6. The number of nitrogens with one attached hydrogen (secondary N) is 2. The van der Waals surface area contributed by atoms with Gasteiger partial charge in [-0.2, -0.15) is 5.10 Å². The van der Waals surface area contributed by atoms with Crippen LogP contribution in [0.5, 0.6) is 0 Å². The van der Waals surface area contributed by atoms with E-state index in [4.69, 9.17) is 0 Å². The third-order valence-electron chi connectivity index (χ3n) is 5.64. The lowest BCUT2D eigenvalue weighted by Gasteiger charge is -2.28. The fourth-order valence-corrected chi connectivity index (χ4v) is 4.61. The number of rotatable bonds is 7. The van der Waals surface area contributed by atoms with E-state index in [1.54, 1.807) is 34.7 Å². The molecule has 1 unspecified atom stereocenters. The van der Waals surface area contributed by atoms with E-state index in [0.29, 0.717) is 17.2 Å². The molecule has 36 heavy (non-hydrogen) atoms. The number of benzene rings is 2. The maximum Gasteiger partial charge on any atom is 0.266 e. The summed E-state index contributed by atoms with van der Waals surface area (Å²) in [6.45, 7) is 4.98. The Kier molecular flexibility index (Phi) is 9.50. The minimum Gasteiger partial charge on any atom is -0.345 e. The molecule has 0 spiro atoms. The minimum absolute atomic E-state index is 0.0502. The molecule has 1 saturated heterocycles. The molecule has 10 heteroatoms. The van der Waals surface area contributed by atoms with E-state index < -0.39 is 22.7 Å². The molecule has 1 fully saturated rings. The second-order valence-corrected chi connectivity index (χ2v) is 9.42. The van der Waals surface area contributed by atoms with Crippen molar-refractivity contribution in [1.29, 1.82) is 0 Å². The van der Waals surface area contributed by atoms with Crippen LogP contribution in [0.25, 0.3) is 5.69 Å². The zero-order valence-corrected chi connectivity index (χ0v) is 20.9. The van der Waals surface area contributed by atoms with Gasteiger partial charge in [-0.3, -0.25) is 15.0 Å². The predicted octanol–water partition coefficient (Wildman–Crippen LogP) is 3.25. The molecule has 1 aromatic heterocycles. The molecule has 2 N–H and O–H groups in total. The minimum atomic E-state index is -1.94. The van der Waals surface area contributed by atoms with Gasteiger partial charge in [-0.1, -0.05) is 12.1 Å². The van der Waals surface area contributed by atoms with Gasteiger partial charge in [0.25, 0.3) is 5.91 Å². The summed E-state index contributed by atoms with van der Waals surface area (Å²) < 4.78 is 27.8. The number of hydrogen-bond donors (Lipinski definition) is 2. The van der Waals surface area contributed by atoms with Crippen LogP contribution in [0.4, 0.5) is 4.39 Å². The highest BCUT2D eigenvalue weighted by molar-refractivity contribution is 7.83. The molecule has 2 aromatic carbocycles. The Hall–Kier alpha value is -3.81. The van der Waals surface area contributed by atoms with Crippen LogP contribution in [0.15, 0.2) is 59.8 Å². The quantitative estimate of drug-likeness (QED) is 0.290. The van der Waals surface area contributed by atoms with E-state index in [1.165, 1.54) is 18.2 Å². The normalized spacial score (nSPS) is 14.2. The summed E-state index contributed by atoms with van der Waals surface area (Å²) in [5.74, 6) is 1.46. The zero-order chi connectivity index (χ0) is 26.1. The van der Waals surface area contributed by atoms with Gasteiger partial charge in [0.15, 0.2) is 0 Å². The Bertz CT molecular complexity index is 1280. The number of likely N-dealkylation sites (tertiary alicyclic amines) is 1. The molecule has 4 rings (SSSR count). The van der Waals surface area contributed by atoms with Crippen LogP contribution >= 0.6 is 0 Å². The van der Waals surface area contributed by atoms with Crippen molar-refractivity contribution >= 4 is 23.3 Å². The predicted molar refractivity (Wildman–Crippen MR) is 136 cm³/mol. The number of hydrogen-bond acceptors (Lipinski definition) is 4. The van der Waals surface area contributed by atoms with Crippen molar-refractivity contribution < 1.29 is 18.2 Å². The lowest BCUT2D eigenvalue weighted by molar-refractivity contribution is -0.119. The topological polar surface area (TPSA) is 96.3 Å². The van der Waals surface area contributed by atoms with Crippen LogP contribution < -0.4 is 10.3 Å². The molecule has 3 aromatic rings. The molecule has 0 saturated carbocycles. The molecular weight excluding hydrogens is 481 g/mol. The highest BCUT2D eigenvalue weighted by Gasteiger charge is 2.21. The van der Waals surface area contributed by atoms with Crippen molar-refractivity contribution in [2.24, 2.45) is 0 Å². The largest absolute Gasteiger partial charge is 0.345 e. The first-order valence-electron chi connectivity index (χ1n) is 11.3. The van der Waals surface area contributed by atoms with Crippen LogP contribution in [0.1, 0.15) is 47.2 Å². The zero-order valence-electron chi connectivity index (χ0n) is 20.1. The molecule has 2 heterocycles. The number of carbonyl (C=O) groups excluding carboxylic acids is 2. The first-order chi connectivity index (χ1) is 17.4. The lowest BCUT2D eigenvalue weighted by atomic mass is 9.92. The second-order valence-electron chi connectivity index (χ2n) is 8.24. The first kappa shape index (κ1) is 26.8. The van der Waals surface area contributed by atoms with E-state index >= 15 is 0 Å². The van der Waals surface area contributed by atoms with Crippen LogP contribution in [0.3, 0.4) is 0 Å². The van der Waals surface area contributed by atoms with Crippen molar-refractivity contribution in [2.75, 3.05) is 13.1 Å². The Labute approximate surface area is 212 Å². The van der Waals surface area contributed by atoms with Crippen molar-refractivity contribution in [3.8, 4) is 18.0 Å². The molecule has 8 nitrogen and oxygen atoms in total. The average molecular weight is 510 g/mol. The van der Waals surface area contributed by atoms with Crippen LogP contribution in [-0.2, 0) is 15.8 Å². The number of carbonyl (C=O) groups is 2. The number of nitrogens with zero attached hydrogens (tertiary/aromatic N) is 3. The smallest absolute Gasteiger partial charge is 0.266 e. The molecular formula is C26H28FN5O3S. The Morgan fingerprint density at radius 2 is 1.94 bits per heavy atom. The van der Waals surface area contributed by atoms with E-state index in [1.807, 2.05) is 25.4 Å². The molecule has 188 valence electrons. The van der Waals surface area contributed by atoms with Crippen LogP contribution in [0.2, 0.25) is 0 Å². The van der Waals surface area contributed by atoms with Crippen LogP contribution in [-0.4, -0.2) is 44.3 Å². The molecule has 0 bridgehead atoms. The monoisotopic (exact) mass is 509 g/mol. The lowest BCUT2D eigenvalue weighted by Crippen LogP contribution is -2.38. The summed E-state index contributed by atoms with van der Waals surface area (Å²) in [6.07, 6.45) is 11.0. The number of amides is 2. The Balaban J connectivity index is 0.00000115. The fourth-order valence-electron chi connectivity index (χ4n) is 3.87. The van der Waals surface area contributed by atoms with Gasteiger partial charge in [-0.05, 0) is 74.1 Å². The molecule has 1 atom stereocenters. The highest BCUT2D eigenvalue weighted by Crippen LogP contribution is 2.28. The van der Waals surface area contributed by atoms with Crippen molar-refractivity contribution in [2.45, 2.75) is 37.5 Å². The van der Waals surface area contributed by atoms with Gasteiger partial charge >= 0.3 is 0 Å². The van der Waals surface area contributed by atoms with E-state index in [9.17, 15) is 18.2 Å². The third-order valence-corrected chi connectivity index (χ3v) is 6.65. The molecule has 1 aliphatic heterocycles. The standard InChI is InChI=1S/C23H24FN5O3S.C3H4/c1-16-10-18(23(31)26-27-33(32)22-5-3-2-4-21(22)24)12-20(11-16)29-14-19(13-25-29)17-6-8-28(15-30)9-7-17;1-3-2/h2-5,10-15,17,27H,6-9H2,1H3,(H,26,31);1H,2H3. The van der Waals surface area contributed by atoms with Gasteiger partial charge in [-0.25, -0.2) is 13.3 Å². The number of aryl methyl sites for hydroxylation is 1. The maximum absolute atomic E-state index is 13.8. The van der Waals surface area contributed by atoms with E-state index in [2.05, 4.69) is 27.7 Å². The van der Waals surface area contributed by atoms with Gasteiger partial charge in [0.1, 0.15) is 16.8 Å². The molecule has 2 amide bonds. The van der Waals surface area contributed by atoms with Crippen LogP contribution in [0, 0.1) is 25.1 Å². The summed E-state index contributed by atoms with van der Waals surface area (Å²) in [5, 5.41) is 4.46.